The number of ether oxygens (including phenoxy) is 1. The fourth-order valence-electron chi connectivity index (χ4n) is 5.03. The van der Waals surface area contributed by atoms with Gasteiger partial charge in [-0.3, -0.25) is 9.59 Å². The zero-order chi connectivity index (χ0) is 30.5. The van der Waals surface area contributed by atoms with Crippen LogP contribution >= 0.6 is 11.8 Å². The van der Waals surface area contributed by atoms with Gasteiger partial charge in [-0.15, -0.1) is 10.2 Å². The zero-order valence-corrected chi connectivity index (χ0v) is 24.9. The van der Waals surface area contributed by atoms with Crippen molar-refractivity contribution in [3.63, 3.8) is 0 Å². The van der Waals surface area contributed by atoms with Gasteiger partial charge in [-0.25, -0.2) is 4.79 Å². The summed E-state index contributed by atoms with van der Waals surface area (Å²) in [5.41, 5.74) is -2.92. The fraction of sp³-hybridized carbons (Fsp3) is 0.679. The van der Waals surface area contributed by atoms with E-state index in [1.165, 1.54) is 24.3 Å². The number of thioether (sulfide) groups is 1. The molecule has 1 aromatic carbocycles. The number of amides is 4. The van der Waals surface area contributed by atoms with Gasteiger partial charge in [0.2, 0.25) is 5.91 Å². The maximum atomic E-state index is 13.1. The maximum Gasteiger partial charge on any atom is 0.442 e. The summed E-state index contributed by atoms with van der Waals surface area (Å²) in [4.78, 5) is 36.3. The Morgan fingerprint density at radius 1 is 1.14 bits per heavy atom. The van der Waals surface area contributed by atoms with Crippen LogP contribution in [0.2, 0.25) is 0 Å². The normalized spacial score (nSPS) is 23.1. The molecule has 4 atom stereocenters. The molecular formula is C28H39F3N6O4S. The molecule has 0 saturated carbocycles. The van der Waals surface area contributed by atoms with Crippen molar-refractivity contribution in [2.24, 2.45) is 16.1 Å². The quantitative estimate of drug-likeness (QED) is 0.174. The van der Waals surface area contributed by atoms with Crippen LogP contribution in [0.5, 0.6) is 0 Å². The van der Waals surface area contributed by atoms with Crippen LogP contribution < -0.4 is 21.3 Å². The molecule has 3 heterocycles. The van der Waals surface area contributed by atoms with E-state index in [2.05, 4.69) is 31.5 Å². The van der Waals surface area contributed by atoms with Gasteiger partial charge in [-0.1, -0.05) is 25.5 Å². The van der Waals surface area contributed by atoms with E-state index in [1.54, 1.807) is 0 Å². The molecule has 2 saturated heterocycles. The van der Waals surface area contributed by atoms with Crippen LogP contribution in [0, 0.1) is 5.92 Å². The van der Waals surface area contributed by atoms with Gasteiger partial charge in [-0.05, 0) is 51.2 Å². The second-order valence-electron chi connectivity index (χ2n) is 11.8. The highest BCUT2D eigenvalue weighted by Gasteiger charge is 2.65. The number of rotatable bonds is 15. The van der Waals surface area contributed by atoms with Gasteiger partial charge >= 0.3 is 17.9 Å². The van der Waals surface area contributed by atoms with Crippen molar-refractivity contribution in [3.05, 3.63) is 35.4 Å². The van der Waals surface area contributed by atoms with E-state index in [1.807, 2.05) is 32.5 Å². The van der Waals surface area contributed by atoms with E-state index < -0.39 is 17.4 Å². The number of fused-ring (bicyclic) bond motifs is 1. The van der Waals surface area contributed by atoms with Crippen molar-refractivity contribution in [1.82, 2.24) is 21.3 Å². The van der Waals surface area contributed by atoms with Gasteiger partial charge in [0.15, 0.2) is 0 Å². The Hall–Kier alpha value is -2.87. The molecule has 42 heavy (non-hydrogen) atoms. The molecule has 0 spiro atoms. The van der Waals surface area contributed by atoms with Gasteiger partial charge < -0.3 is 26.0 Å². The summed E-state index contributed by atoms with van der Waals surface area (Å²) < 4.78 is 45.4. The summed E-state index contributed by atoms with van der Waals surface area (Å²) in [5.74, 6) is 0.630. The minimum Gasteiger partial charge on any atom is -0.374 e. The summed E-state index contributed by atoms with van der Waals surface area (Å²) in [6.07, 6.45) is -0.811. The van der Waals surface area contributed by atoms with E-state index in [-0.39, 0.29) is 47.0 Å². The maximum absolute atomic E-state index is 13.1. The van der Waals surface area contributed by atoms with Crippen LogP contribution in [0.15, 0.2) is 34.5 Å². The summed E-state index contributed by atoms with van der Waals surface area (Å²) in [5, 5.41) is 18.4. The molecule has 3 unspecified atom stereocenters. The van der Waals surface area contributed by atoms with Crippen LogP contribution in [-0.4, -0.2) is 72.4 Å². The highest BCUT2D eigenvalue weighted by atomic mass is 32.2. The highest BCUT2D eigenvalue weighted by Crippen LogP contribution is 2.52. The predicted octanol–water partition coefficient (Wildman–Crippen LogP) is 4.26. The second-order valence-corrected chi connectivity index (χ2v) is 13.1. The van der Waals surface area contributed by atoms with Crippen molar-refractivity contribution >= 4 is 29.6 Å². The average molecular weight is 613 g/mol. The molecule has 4 rings (SSSR count). The van der Waals surface area contributed by atoms with Crippen LogP contribution in [0.25, 0.3) is 0 Å². The summed E-state index contributed by atoms with van der Waals surface area (Å²) in [6.45, 7) is 6.98. The molecule has 232 valence electrons. The zero-order valence-electron chi connectivity index (χ0n) is 24.1. The molecule has 14 heteroatoms. The van der Waals surface area contributed by atoms with Gasteiger partial charge in [0.25, 0.3) is 5.91 Å². The molecule has 3 aliphatic heterocycles. The molecule has 0 radical (unpaired) electrons. The van der Waals surface area contributed by atoms with Gasteiger partial charge in [0.1, 0.15) is 0 Å². The molecule has 0 aliphatic carbocycles. The third-order valence-electron chi connectivity index (χ3n) is 7.75. The van der Waals surface area contributed by atoms with Crippen molar-refractivity contribution in [2.45, 2.75) is 87.6 Å². The smallest absolute Gasteiger partial charge is 0.374 e. The molecule has 1 aromatic rings. The first kappa shape index (κ1) is 32.1. The van der Waals surface area contributed by atoms with Crippen molar-refractivity contribution < 1.29 is 32.3 Å². The van der Waals surface area contributed by atoms with Gasteiger partial charge in [-0.2, -0.15) is 24.9 Å². The van der Waals surface area contributed by atoms with Crippen LogP contribution in [-0.2, 0) is 15.2 Å². The van der Waals surface area contributed by atoms with E-state index >= 15 is 0 Å². The number of hydrogen-bond donors (Lipinski definition) is 4. The molecular weight excluding hydrogens is 573 g/mol. The number of carbonyl (C=O) groups is 3. The Labute approximate surface area is 247 Å². The molecule has 4 N–H and O–H groups in total. The van der Waals surface area contributed by atoms with Gasteiger partial charge in [0, 0.05) is 48.2 Å². The number of hydrogen-bond acceptors (Lipinski definition) is 7. The number of unbranched alkanes of at least 4 members (excludes halogenated alkanes) is 1. The average Bonchev–Trinajstić information content (AvgIpc) is 3.57. The first-order chi connectivity index (χ1) is 19.8. The predicted molar refractivity (Wildman–Crippen MR) is 152 cm³/mol. The Bertz CT molecular complexity index is 1160. The van der Waals surface area contributed by atoms with Crippen molar-refractivity contribution in [1.29, 1.82) is 0 Å². The van der Waals surface area contributed by atoms with Crippen molar-refractivity contribution in [3.8, 4) is 0 Å². The van der Waals surface area contributed by atoms with Gasteiger partial charge in [0.05, 0.1) is 17.7 Å². The van der Waals surface area contributed by atoms with E-state index in [4.69, 9.17) is 4.74 Å². The minimum atomic E-state index is -4.61. The largest absolute Gasteiger partial charge is 0.442 e. The Morgan fingerprint density at radius 3 is 2.52 bits per heavy atom. The number of benzene rings is 1. The minimum absolute atomic E-state index is 0.0157. The Kier molecular flexibility index (Phi) is 10.1. The Balaban J connectivity index is 1.05. The number of urea groups is 1. The third kappa shape index (κ3) is 8.15. The molecule has 10 nitrogen and oxygen atoms in total. The highest BCUT2D eigenvalue weighted by molar-refractivity contribution is 8.00. The second kappa shape index (κ2) is 13.2. The van der Waals surface area contributed by atoms with E-state index in [9.17, 15) is 27.6 Å². The lowest BCUT2D eigenvalue weighted by molar-refractivity contribution is -0.166. The number of carbonyl (C=O) groups excluding carboxylic acids is 3. The third-order valence-corrected chi connectivity index (χ3v) is 9.26. The number of nitrogens with zero attached hydrogens (tertiary/aromatic N) is 2. The molecule has 0 bridgehead atoms. The summed E-state index contributed by atoms with van der Waals surface area (Å²) in [6, 6.07) is 5.43. The first-order valence-electron chi connectivity index (χ1n) is 14.3. The lowest BCUT2D eigenvalue weighted by Crippen LogP contribution is -2.41. The lowest BCUT2D eigenvalue weighted by Gasteiger charge is -2.26. The molecule has 0 aromatic heterocycles. The van der Waals surface area contributed by atoms with Crippen LogP contribution in [0.1, 0.15) is 68.8 Å². The standard InChI is InChI=1S/C28H39F3N6O4S/c1-17(14-32-24(39)18-8-10-19(11-9-18)27(36-37-27)28(29,30)31)12-13-41-26(2,3)16-33-22(38)7-5-4-6-21-23-20(15-42-21)34-25(40)35-23/h8-11,17,20-21,23H,4-7,12-16H2,1-3H3,(H,32,39)(H,33,38)(H2,34,35,40)/t17?,20?,21-,23?/m0/s1. The molecule has 2 fully saturated rings. The summed E-state index contributed by atoms with van der Waals surface area (Å²) >= 11 is 1.87. The number of halogens is 3. The van der Waals surface area contributed by atoms with Crippen LogP contribution in [0.3, 0.4) is 0 Å². The van der Waals surface area contributed by atoms with Crippen molar-refractivity contribution in [2.75, 3.05) is 25.4 Å². The first-order valence-corrected chi connectivity index (χ1v) is 15.3. The Morgan fingerprint density at radius 2 is 1.86 bits per heavy atom. The van der Waals surface area contributed by atoms with E-state index in [0.717, 1.165) is 25.0 Å². The van der Waals surface area contributed by atoms with E-state index in [0.29, 0.717) is 37.8 Å². The van der Waals surface area contributed by atoms with Crippen LogP contribution in [0.4, 0.5) is 18.0 Å². The lowest BCUT2D eigenvalue weighted by atomic mass is 10.0. The topological polar surface area (TPSA) is 133 Å². The number of alkyl halides is 3. The molecule has 3 aliphatic rings. The molecule has 4 amide bonds. The summed E-state index contributed by atoms with van der Waals surface area (Å²) in [7, 11) is 0. The monoisotopic (exact) mass is 612 g/mol. The number of nitrogens with one attached hydrogen (secondary N) is 4. The fourth-order valence-corrected chi connectivity index (χ4v) is 6.57. The SMILES string of the molecule is CC(CCOC(C)(C)CNC(=O)CCCC[C@@H]1SCC2NC(=O)NC21)CNC(=O)c1ccc(C2(C(F)(F)F)N=N2)cc1.